The van der Waals surface area contributed by atoms with Gasteiger partial charge in [0, 0.05) is 87.8 Å². The zero-order valence-electron chi connectivity index (χ0n) is 35.8. The molecule has 5 aromatic rings. The van der Waals surface area contributed by atoms with Crippen LogP contribution in [0.3, 0.4) is 0 Å². The average molecular weight is 888 g/mol. The zero-order chi connectivity index (χ0) is 45.0. The predicted molar refractivity (Wildman–Crippen MR) is 241 cm³/mol. The van der Waals surface area contributed by atoms with Crippen molar-refractivity contribution in [3.8, 4) is 0 Å². The van der Waals surface area contributed by atoms with Crippen LogP contribution in [0.4, 0.5) is 37.3 Å². The van der Waals surface area contributed by atoms with Gasteiger partial charge in [0.05, 0.1) is 28.0 Å². The van der Waals surface area contributed by atoms with Gasteiger partial charge in [-0.2, -0.15) is 10.2 Å². The average Bonchev–Trinajstić information content (AvgIpc) is 3.68. The van der Waals surface area contributed by atoms with E-state index in [9.17, 15) is 28.0 Å². The molecule has 5 heterocycles. The number of hydrogen-bond donors (Lipinski definition) is 6. The van der Waals surface area contributed by atoms with Crippen molar-refractivity contribution in [2.45, 2.75) is 50.6 Å². The van der Waals surface area contributed by atoms with E-state index in [2.05, 4.69) is 57.3 Å². The second-order valence-electron chi connectivity index (χ2n) is 17.3. The number of H-pyrrole nitrogens is 1. The van der Waals surface area contributed by atoms with E-state index >= 15 is 0 Å². The van der Waals surface area contributed by atoms with Crippen LogP contribution in [0, 0.1) is 23.1 Å². The maximum Gasteiger partial charge on any atom is 0.258 e. The van der Waals surface area contributed by atoms with Crippen molar-refractivity contribution in [3.05, 3.63) is 107 Å². The number of aromatic amines is 1. The van der Waals surface area contributed by atoms with Gasteiger partial charge in [0.2, 0.25) is 11.8 Å². The minimum atomic E-state index is -0.832. The quantitative estimate of drug-likeness (QED) is 0.0558. The van der Waals surface area contributed by atoms with Gasteiger partial charge in [-0.25, -0.2) is 14.3 Å². The zero-order valence-corrected chi connectivity index (χ0v) is 35.8. The molecule has 4 amide bonds. The van der Waals surface area contributed by atoms with Crippen molar-refractivity contribution < 1.29 is 32.7 Å². The molecule has 16 nitrogen and oxygen atoms in total. The Kier molecular flexibility index (Phi) is 12.8. The molecule has 0 saturated carbocycles. The van der Waals surface area contributed by atoms with E-state index in [1.165, 1.54) is 12.1 Å². The summed E-state index contributed by atoms with van der Waals surface area (Å²) in [5, 5.41) is 23.3. The van der Waals surface area contributed by atoms with Gasteiger partial charge in [-0.1, -0.05) is 12.1 Å². The lowest BCUT2D eigenvalue weighted by Gasteiger charge is -2.43. The maximum atomic E-state index is 14.0. The molecule has 4 aromatic carbocycles. The van der Waals surface area contributed by atoms with E-state index in [0.717, 1.165) is 88.1 Å². The molecule has 18 heteroatoms. The molecule has 1 aromatic heterocycles. The maximum absolute atomic E-state index is 14.0. The van der Waals surface area contributed by atoms with E-state index in [0.29, 0.717) is 59.1 Å². The highest BCUT2D eigenvalue weighted by atomic mass is 19.1. The summed E-state index contributed by atoms with van der Waals surface area (Å²) < 4.78 is 33.4. The summed E-state index contributed by atoms with van der Waals surface area (Å²) in [7, 11) is 0. The third-order valence-corrected chi connectivity index (χ3v) is 12.8. The Bertz CT molecular complexity index is 2600. The lowest BCUT2D eigenvalue weighted by atomic mass is 9.93. The molecule has 0 aliphatic carbocycles. The molecule has 4 aliphatic rings. The van der Waals surface area contributed by atoms with Crippen molar-refractivity contribution in [1.29, 1.82) is 5.53 Å². The smallest absolute Gasteiger partial charge is 0.258 e. The number of fused-ring (bicyclic) bond motifs is 1. The summed E-state index contributed by atoms with van der Waals surface area (Å²) in [6.45, 7) is 7.10. The summed E-state index contributed by atoms with van der Waals surface area (Å²) >= 11 is 0. The number of amides is 4. The van der Waals surface area contributed by atoms with Crippen molar-refractivity contribution >= 4 is 63.1 Å². The van der Waals surface area contributed by atoms with Gasteiger partial charge in [-0.05, 0) is 110 Å². The third-order valence-electron chi connectivity index (χ3n) is 12.8. The van der Waals surface area contributed by atoms with Gasteiger partial charge in [-0.15, -0.1) is 0 Å². The molecular formula is C47H51F2N11O5. The number of aromatic nitrogens is 2. The molecule has 1 atom stereocenters. The summed E-state index contributed by atoms with van der Waals surface area (Å²) in [4.78, 5) is 58.3. The third kappa shape index (κ3) is 9.98. The van der Waals surface area contributed by atoms with Gasteiger partial charge in [0.25, 0.3) is 11.8 Å². The number of nitrogens with one attached hydrogen (secondary N) is 6. The molecule has 338 valence electrons. The summed E-state index contributed by atoms with van der Waals surface area (Å²) in [6.07, 6.45) is 3.29. The number of imide groups is 1. The van der Waals surface area contributed by atoms with Crippen LogP contribution < -0.4 is 31.1 Å². The Morgan fingerprint density at radius 3 is 2.42 bits per heavy atom. The number of anilines is 4. The Morgan fingerprint density at radius 1 is 0.877 bits per heavy atom. The molecule has 0 bridgehead atoms. The number of nitrogens with zero attached hydrogens (tertiary/aromatic N) is 5. The Morgan fingerprint density at radius 2 is 1.66 bits per heavy atom. The molecule has 4 saturated heterocycles. The number of carbonyl (C=O) groups excluding carboxylic acids is 4. The SMILES string of the molecule is N=Nc1cccc(N2CC(CCN3CCN(c4ccc(C(=O)Nc5n[nH]c6ccc(Cc7cc(F)cc(F)c7)cc56)c(NC5CCOCC5)c4)CC3)C2)c1C(=O)NC1CCC(=O)NC1=O. The molecule has 0 spiro atoms. The fraction of sp³-hybridized carbons (Fsp3) is 0.383. The van der Waals surface area contributed by atoms with Gasteiger partial charge in [0.1, 0.15) is 17.7 Å². The number of ether oxygens (including phenoxy) is 1. The molecule has 9 rings (SSSR count). The highest BCUT2D eigenvalue weighted by Crippen LogP contribution is 2.36. The lowest BCUT2D eigenvalue weighted by Crippen LogP contribution is -2.53. The highest BCUT2D eigenvalue weighted by molar-refractivity contribution is 6.11. The second kappa shape index (κ2) is 19.1. The minimum absolute atomic E-state index is 0.143. The van der Waals surface area contributed by atoms with Crippen LogP contribution in [-0.2, 0) is 20.7 Å². The number of halogens is 2. The first-order chi connectivity index (χ1) is 31.6. The number of hydrogen-bond acceptors (Lipinski definition) is 12. The molecule has 4 aliphatic heterocycles. The first-order valence-corrected chi connectivity index (χ1v) is 22.2. The predicted octanol–water partition coefficient (Wildman–Crippen LogP) is 6.12. The van der Waals surface area contributed by atoms with Gasteiger partial charge in [-0.3, -0.25) is 34.5 Å². The van der Waals surface area contributed by atoms with E-state index in [4.69, 9.17) is 10.3 Å². The highest BCUT2D eigenvalue weighted by Gasteiger charge is 2.34. The van der Waals surface area contributed by atoms with Crippen LogP contribution in [0.2, 0.25) is 0 Å². The molecule has 65 heavy (non-hydrogen) atoms. The number of rotatable bonds is 14. The van der Waals surface area contributed by atoms with Crippen LogP contribution in [0.15, 0.2) is 77.9 Å². The summed E-state index contributed by atoms with van der Waals surface area (Å²) in [5.74, 6) is -2.20. The summed E-state index contributed by atoms with van der Waals surface area (Å²) in [5.41, 5.74) is 13.1. The van der Waals surface area contributed by atoms with Crippen molar-refractivity contribution in [2.75, 3.05) is 79.5 Å². The second-order valence-corrected chi connectivity index (χ2v) is 17.3. The monoisotopic (exact) mass is 887 g/mol. The van der Waals surface area contributed by atoms with Crippen LogP contribution in [-0.4, -0.2) is 110 Å². The van der Waals surface area contributed by atoms with Gasteiger partial charge >= 0.3 is 0 Å². The number of benzene rings is 4. The van der Waals surface area contributed by atoms with Crippen LogP contribution in [0.5, 0.6) is 0 Å². The van der Waals surface area contributed by atoms with Crippen LogP contribution in [0.25, 0.3) is 10.9 Å². The van der Waals surface area contributed by atoms with Crippen LogP contribution >= 0.6 is 0 Å². The van der Waals surface area contributed by atoms with E-state index in [1.54, 1.807) is 12.1 Å². The first-order valence-electron chi connectivity index (χ1n) is 22.2. The standard InChI is InChI=1S/C47H51F2N11O5/c48-31-21-30(22-32(49)24-31)20-28-4-7-37-36(23-28)44(57-56-37)54-45(62)35-6-5-34(25-40(35)51-33-11-18-65-19-12-33)59-16-14-58(15-17-59)13-10-29-26-60(27-29)41-3-1-2-38(55-50)43(41)47(64)52-39-8-9-42(61)53-46(39)63/h1-7,21-25,29,33,39,50-51H,8-20,26-27H2,(H,52,64)(H,53,61,63)(H2,54,56,57,62). The van der Waals surface area contributed by atoms with E-state index < -0.39 is 29.5 Å². The number of piperazine rings is 1. The fourth-order valence-electron chi connectivity index (χ4n) is 9.22. The lowest BCUT2D eigenvalue weighted by molar-refractivity contribution is -0.134. The van der Waals surface area contributed by atoms with E-state index in [1.807, 2.05) is 36.4 Å². The summed E-state index contributed by atoms with van der Waals surface area (Å²) in [6, 6.07) is 19.5. The molecule has 6 N–H and O–H groups in total. The van der Waals surface area contributed by atoms with Gasteiger partial charge in [0.15, 0.2) is 5.82 Å². The topological polar surface area (TPSA) is 200 Å². The van der Waals surface area contributed by atoms with Crippen molar-refractivity contribution in [3.63, 3.8) is 0 Å². The largest absolute Gasteiger partial charge is 0.381 e. The van der Waals surface area contributed by atoms with E-state index in [-0.39, 0.29) is 41.9 Å². The van der Waals surface area contributed by atoms with Crippen molar-refractivity contribution in [2.24, 2.45) is 11.0 Å². The van der Waals surface area contributed by atoms with Crippen molar-refractivity contribution in [1.82, 2.24) is 25.7 Å². The molecule has 4 fully saturated rings. The molecular weight excluding hydrogens is 837 g/mol. The molecule has 0 radical (unpaired) electrons. The van der Waals surface area contributed by atoms with Crippen LogP contribution in [0.1, 0.15) is 63.9 Å². The Hall–Kier alpha value is -6.79. The minimum Gasteiger partial charge on any atom is -0.381 e. The number of carbonyl (C=O) groups is 4. The first kappa shape index (κ1) is 43.5. The number of piperidine rings is 1. The fourth-order valence-corrected chi connectivity index (χ4v) is 9.22. The molecule has 1 unspecified atom stereocenters. The van der Waals surface area contributed by atoms with Gasteiger partial charge < -0.3 is 30.5 Å². The Balaban J connectivity index is 0.810. The normalized spacial score (nSPS) is 18.6. The Labute approximate surface area is 373 Å².